The maximum atomic E-state index is 13.4. The molecule has 0 aliphatic rings. The van der Waals surface area contributed by atoms with Crippen LogP contribution in [0.2, 0.25) is 0 Å². The molecule has 0 saturated carbocycles. The summed E-state index contributed by atoms with van der Waals surface area (Å²) in [6.07, 6.45) is 1.63. The SMILES string of the molecule is Cc1ccc(=O)n(-c2ccccc2F)c1. The van der Waals surface area contributed by atoms with Gasteiger partial charge in [-0.2, -0.15) is 0 Å². The molecule has 0 saturated heterocycles. The van der Waals surface area contributed by atoms with Crippen LogP contribution in [0.25, 0.3) is 5.69 Å². The first-order chi connectivity index (χ1) is 7.18. The number of hydrogen-bond acceptors (Lipinski definition) is 1. The van der Waals surface area contributed by atoms with Gasteiger partial charge in [0.2, 0.25) is 0 Å². The minimum absolute atomic E-state index is 0.231. The van der Waals surface area contributed by atoms with Crippen LogP contribution < -0.4 is 5.56 Å². The molecule has 15 heavy (non-hydrogen) atoms. The lowest BCUT2D eigenvalue weighted by molar-refractivity contribution is 0.616. The van der Waals surface area contributed by atoms with Gasteiger partial charge in [-0.3, -0.25) is 9.36 Å². The summed E-state index contributed by atoms with van der Waals surface area (Å²) < 4.78 is 14.7. The van der Waals surface area contributed by atoms with E-state index in [1.54, 1.807) is 30.5 Å². The summed E-state index contributed by atoms with van der Waals surface area (Å²) in [6, 6.07) is 9.36. The van der Waals surface area contributed by atoms with Crippen molar-refractivity contribution in [1.29, 1.82) is 0 Å². The van der Waals surface area contributed by atoms with Crippen molar-refractivity contribution >= 4 is 0 Å². The smallest absolute Gasteiger partial charge is 0.255 e. The maximum Gasteiger partial charge on any atom is 0.255 e. The molecule has 2 nitrogen and oxygen atoms in total. The van der Waals surface area contributed by atoms with Crippen LogP contribution in [-0.4, -0.2) is 4.57 Å². The van der Waals surface area contributed by atoms with Crippen molar-refractivity contribution in [2.45, 2.75) is 6.92 Å². The Labute approximate surface area is 86.6 Å². The fraction of sp³-hybridized carbons (Fsp3) is 0.0833. The molecule has 2 rings (SSSR count). The second-order valence-electron chi connectivity index (χ2n) is 3.37. The molecule has 0 bridgehead atoms. The van der Waals surface area contributed by atoms with Gasteiger partial charge in [-0.05, 0) is 24.6 Å². The van der Waals surface area contributed by atoms with E-state index in [1.807, 2.05) is 6.92 Å². The zero-order valence-corrected chi connectivity index (χ0v) is 8.27. The molecular formula is C12H10FNO. The summed E-state index contributed by atoms with van der Waals surface area (Å²) in [6.45, 7) is 1.86. The normalized spacial score (nSPS) is 10.3. The number of pyridine rings is 1. The minimum Gasteiger partial charge on any atom is -0.281 e. The van der Waals surface area contributed by atoms with Gasteiger partial charge in [-0.25, -0.2) is 4.39 Å². The second-order valence-corrected chi connectivity index (χ2v) is 3.37. The van der Waals surface area contributed by atoms with Gasteiger partial charge in [0.25, 0.3) is 5.56 Å². The quantitative estimate of drug-likeness (QED) is 0.697. The summed E-state index contributed by atoms with van der Waals surface area (Å²) in [5.74, 6) is -0.398. The number of nitrogens with zero attached hydrogens (tertiary/aromatic N) is 1. The molecule has 0 unspecified atom stereocenters. The van der Waals surface area contributed by atoms with E-state index in [2.05, 4.69) is 0 Å². The molecule has 0 radical (unpaired) electrons. The first kappa shape index (κ1) is 9.65. The average Bonchev–Trinajstić information content (AvgIpc) is 2.23. The Morgan fingerprint density at radius 3 is 2.60 bits per heavy atom. The predicted molar refractivity (Wildman–Crippen MR) is 56.7 cm³/mol. The third kappa shape index (κ3) is 1.81. The molecule has 1 aromatic heterocycles. The topological polar surface area (TPSA) is 22.0 Å². The van der Waals surface area contributed by atoms with Crippen LogP contribution in [0, 0.1) is 12.7 Å². The van der Waals surface area contributed by atoms with Gasteiger partial charge in [0.15, 0.2) is 0 Å². The summed E-state index contributed by atoms with van der Waals surface area (Å²) in [5.41, 5.74) is 0.967. The lowest BCUT2D eigenvalue weighted by atomic mass is 10.2. The fourth-order valence-corrected chi connectivity index (χ4v) is 1.43. The van der Waals surface area contributed by atoms with Crippen LogP contribution in [0.3, 0.4) is 0 Å². The van der Waals surface area contributed by atoms with E-state index in [1.165, 1.54) is 16.7 Å². The highest BCUT2D eigenvalue weighted by molar-refractivity contribution is 5.34. The summed E-state index contributed by atoms with van der Waals surface area (Å²) in [4.78, 5) is 11.5. The van der Waals surface area contributed by atoms with Gasteiger partial charge in [-0.1, -0.05) is 18.2 Å². The van der Waals surface area contributed by atoms with Crippen LogP contribution in [0.1, 0.15) is 5.56 Å². The van der Waals surface area contributed by atoms with Crippen LogP contribution in [-0.2, 0) is 0 Å². The van der Waals surface area contributed by atoms with E-state index >= 15 is 0 Å². The molecule has 3 heteroatoms. The minimum atomic E-state index is -0.398. The highest BCUT2D eigenvalue weighted by Crippen LogP contribution is 2.10. The maximum absolute atomic E-state index is 13.4. The number of aromatic nitrogens is 1. The van der Waals surface area contributed by atoms with Crippen molar-refractivity contribution in [2.24, 2.45) is 0 Å². The van der Waals surface area contributed by atoms with E-state index in [9.17, 15) is 9.18 Å². The van der Waals surface area contributed by atoms with Gasteiger partial charge in [0, 0.05) is 12.3 Å². The van der Waals surface area contributed by atoms with Crippen molar-refractivity contribution in [1.82, 2.24) is 4.57 Å². The van der Waals surface area contributed by atoms with Crippen LogP contribution in [0.5, 0.6) is 0 Å². The lowest BCUT2D eigenvalue weighted by Gasteiger charge is -2.06. The van der Waals surface area contributed by atoms with E-state index in [0.717, 1.165) is 5.56 Å². The van der Waals surface area contributed by atoms with Gasteiger partial charge in [0.1, 0.15) is 5.82 Å². The fourth-order valence-electron chi connectivity index (χ4n) is 1.43. The van der Waals surface area contributed by atoms with Crippen molar-refractivity contribution in [3.63, 3.8) is 0 Å². The summed E-state index contributed by atoms with van der Waals surface area (Å²) in [5, 5.41) is 0. The van der Waals surface area contributed by atoms with Crippen LogP contribution in [0.15, 0.2) is 47.4 Å². The van der Waals surface area contributed by atoms with Crippen molar-refractivity contribution in [2.75, 3.05) is 0 Å². The number of halogens is 1. The number of hydrogen-bond donors (Lipinski definition) is 0. The molecule has 0 atom stereocenters. The molecule has 0 N–H and O–H groups in total. The van der Waals surface area contributed by atoms with E-state index in [4.69, 9.17) is 0 Å². The Hall–Kier alpha value is -1.90. The molecule has 76 valence electrons. The van der Waals surface area contributed by atoms with Gasteiger partial charge in [0.05, 0.1) is 5.69 Å². The van der Waals surface area contributed by atoms with Crippen molar-refractivity contribution in [3.8, 4) is 5.69 Å². The summed E-state index contributed by atoms with van der Waals surface area (Å²) in [7, 11) is 0. The average molecular weight is 203 g/mol. The Bertz CT molecular complexity index is 545. The van der Waals surface area contributed by atoms with Crippen LogP contribution in [0.4, 0.5) is 4.39 Å². The zero-order valence-electron chi connectivity index (χ0n) is 8.27. The Kier molecular flexibility index (Phi) is 2.37. The van der Waals surface area contributed by atoms with Gasteiger partial charge >= 0.3 is 0 Å². The third-order valence-corrected chi connectivity index (χ3v) is 2.17. The molecule has 1 heterocycles. The Balaban J connectivity index is 2.69. The monoisotopic (exact) mass is 203 g/mol. The third-order valence-electron chi connectivity index (χ3n) is 2.17. The molecule has 0 spiro atoms. The van der Waals surface area contributed by atoms with Crippen LogP contribution >= 0.6 is 0 Å². The van der Waals surface area contributed by atoms with E-state index in [-0.39, 0.29) is 11.2 Å². The zero-order chi connectivity index (χ0) is 10.8. The molecule has 0 aliphatic carbocycles. The van der Waals surface area contributed by atoms with Gasteiger partial charge < -0.3 is 0 Å². The highest BCUT2D eigenvalue weighted by Gasteiger charge is 2.04. The Morgan fingerprint density at radius 2 is 1.87 bits per heavy atom. The second kappa shape index (κ2) is 3.69. The first-order valence-electron chi connectivity index (χ1n) is 4.63. The number of benzene rings is 1. The van der Waals surface area contributed by atoms with E-state index in [0.29, 0.717) is 0 Å². The van der Waals surface area contributed by atoms with Crippen molar-refractivity contribution < 1.29 is 4.39 Å². The van der Waals surface area contributed by atoms with Crippen molar-refractivity contribution in [3.05, 3.63) is 64.3 Å². The lowest BCUT2D eigenvalue weighted by Crippen LogP contribution is -2.17. The molecule has 0 fully saturated rings. The first-order valence-corrected chi connectivity index (χ1v) is 4.63. The number of rotatable bonds is 1. The Morgan fingerprint density at radius 1 is 1.13 bits per heavy atom. The predicted octanol–water partition coefficient (Wildman–Crippen LogP) is 2.29. The molecule has 0 aliphatic heterocycles. The molecule has 2 aromatic rings. The summed E-state index contributed by atoms with van der Waals surface area (Å²) >= 11 is 0. The number of aryl methyl sites for hydroxylation is 1. The molecular weight excluding hydrogens is 193 g/mol. The molecule has 0 amide bonds. The number of para-hydroxylation sites is 1. The van der Waals surface area contributed by atoms with Gasteiger partial charge in [-0.15, -0.1) is 0 Å². The van der Waals surface area contributed by atoms with E-state index < -0.39 is 5.82 Å². The standard InChI is InChI=1S/C12H10FNO/c1-9-6-7-12(15)14(8-9)11-5-3-2-4-10(11)13/h2-8H,1H3. The molecule has 1 aromatic carbocycles. The largest absolute Gasteiger partial charge is 0.281 e. The highest BCUT2D eigenvalue weighted by atomic mass is 19.1.